The van der Waals surface area contributed by atoms with Crippen molar-refractivity contribution >= 4 is 11.8 Å². The molecule has 2 heterocycles. The fourth-order valence-corrected chi connectivity index (χ4v) is 3.21. The van der Waals surface area contributed by atoms with Gasteiger partial charge in [-0.1, -0.05) is 6.92 Å². The van der Waals surface area contributed by atoms with Crippen LogP contribution in [0.5, 0.6) is 0 Å². The third-order valence-electron chi connectivity index (χ3n) is 4.33. The standard InChI is InChI=1S/C14H22N2O3/c1-2-6-16-12(17)8-11(14(16)18)15-10-5-7-19-13(10)9-3-4-9/h9-11,13,15H,2-8H2,1H3. The van der Waals surface area contributed by atoms with Crippen LogP contribution in [0.3, 0.4) is 0 Å². The highest BCUT2D eigenvalue weighted by Crippen LogP contribution is 2.39. The van der Waals surface area contributed by atoms with Crippen LogP contribution in [0.1, 0.15) is 39.0 Å². The summed E-state index contributed by atoms with van der Waals surface area (Å²) in [6, 6.07) is -0.0807. The number of carbonyl (C=O) groups is 2. The van der Waals surface area contributed by atoms with Crippen molar-refractivity contribution in [2.75, 3.05) is 13.2 Å². The number of carbonyl (C=O) groups excluding carboxylic acids is 2. The maximum atomic E-state index is 12.2. The molecule has 106 valence electrons. The Morgan fingerprint density at radius 2 is 2.11 bits per heavy atom. The van der Waals surface area contributed by atoms with Gasteiger partial charge in [0.15, 0.2) is 0 Å². The molecular weight excluding hydrogens is 244 g/mol. The van der Waals surface area contributed by atoms with E-state index in [-0.39, 0.29) is 30.0 Å². The van der Waals surface area contributed by atoms with Gasteiger partial charge in [0.2, 0.25) is 11.8 Å². The van der Waals surface area contributed by atoms with E-state index in [1.807, 2.05) is 6.92 Å². The Morgan fingerprint density at radius 1 is 1.32 bits per heavy atom. The Morgan fingerprint density at radius 3 is 2.79 bits per heavy atom. The molecule has 3 fully saturated rings. The smallest absolute Gasteiger partial charge is 0.246 e. The summed E-state index contributed by atoms with van der Waals surface area (Å²) in [5.41, 5.74) is 0. The Labute approximate surface area is 113 Å². The molecule has 1 saturated carbocycles. The molecule has 3 rings (SSSR count). The number of nitrogens with one attached hydrogen (secondary N) is 1. The lowest BCUT2D eigenvalue weighted by molar-refractivity contribution is -0.138. The molecule has 0 aromatic rings. The van der Waals surface area contributed by atoms with Gasteiger partial charge in [0.1, 0.15) is 0 Å². The number of likely N-dealkylation sites (tertiary alicyclic amines) is 1. The number of hydrogen-bond donors (Lipinski definition) is 1. The van der Waals surface area contributed by atoms with E-state index < -0.39 is 0 Å². The van der Waals surface area contributed by atoms with Gasteiger partial charge in [-0.15, -0.1) is 0 Å². The van der Waals surface area contributed by atoms with Crippen molar-refractivity contribution in [3.8, 4) is 0 Å². The number of nitrogens with zero attached hydrogens (tertiary/aromatic N) is 1. The van der Waals surface area contributed by atoms with Crippen LogP contribution < -0.4 is 5.32 Å². The highest BCUT2D eigenvalue weighted by atomic mass is 16.5. The summed E-state index contributed by atoms with van der Waals surface area (Å²) in [6.45, 7) is 3.30. The number of amides is 2. The first-order valence-corrected chi connectivity index (χ1v) is 7.42. The maximum absolute atomic E-state index is 12.2. The normalized spacial score (nSPS) is 35.4. The molecule has 0 spiro atoms. The third-order valence-corrected chi connectivity index (χ3v) is 4.33. The van der Waals surface area contributed by atoms with Gasteiger partial charge in [-0.2, -0.15) is 0 Å². The minimum Gasteiger partial charge on any atom is -0.376 e. The predicted molar refractivity (Wildman–Crippen MR) is 69.4 cm³/mol. The molecule has 2 saturated heterocycles. The fourth-order valence-electron chi connectivity index (χ4n) is 3.21. The largest absolute Gasteiger partial charge is 0.376 e. The second-order valence-electron chi connectivity index (χ2n) is 5.87. The lowest BCUT2D eigenvalue weighted by atomic mass is 10.0. The first kappa shape index (κ1) is 13.1. The van der Waals surface area contributed by atoms with Crippen molar-refractivity contribution in [2.24, 2.45) is 5.92 Å². The lowest BCUT2D eigenvalue weighted by Crippen LogP contribution is -2.47. The van der Waals surface area contributed by atoms with Crippen LogP contribution in [0.15, 0.2) is 0 Å². The minimum absolute atomic E-state index is 0.0359. The van der Waals surface area contributed by atoms with Gasteiger partial charge in [0.25, 0.3) is 0 Å². The number of imide groups is 1. The van der Waals surface area contributed by atoms with Gasteiger partial charge in [-0.05, 0) is 31.6 Å². The molecule has 1 aliphatic carbocycles. The zero-order valence-electron chi connectivity index (χ0n) is 11.4. The Hall–Kier alpha value is -0.940. The zero-order valence-corrected chi connectivity index (χ0v) is 11.4. The minimum atomic E-state index is -0.327. The molecule has 0 bridgehead atoms. The van der Waals surface area contributed by atoms with Gasteiger partial charge < -0.3 is 4.74 Å². The molecule has 5 nitrogen and oxygen atoms in total. The second kappa shape index (κ2) is 5.21. The summed E-state index contributed by atoms with van der Waals surface area (Å²) in [5, 5.41) is 3.38. The van der Waals surface area contributed by atoms with Crippen LogP contribution in [0.2, 0.25) is 0 Å². The van der Waals surface area contributed by atoms with Gasteiger partial charge in [-0.3, -0.25) is 19.8 Å². The van der Waals surface area contributed by atoms with Crippen LogP contribution >= 0.6 is 0 Å². The number of hydrogen-bond acceptors (Lipinski definition) is 4. The van der Waals surface area contributed by atoms with E-state index in [9.17, 15) is 9.59 Å². The highest BCUT2D eigenvalue weighted by Gasteiger charge is 2.44. The van der Waals surface area contributed by atoms with E-state index in [2.05, 4.69) is 5.32 Å². The van der Waals surface area contributed by atoms with Crippen LogP contribution in [0.25, 0.3) is 0 Å². The van der Waals surface area contributed by atoms with Crippen LogP contribution in [0, 0.1) is 5.92 Å². The molecule has 0 aromatic carbocycles. The van der Waals surface area contributed by atoms with E-state index in [1.54, 1.807) is 0 Å². The quantitative estimate of drug-likeness (QED) is 0.744. The van der Waals surface area contributed by atoms with Crippen molar-refractivity contribution in [1.29, 1.82) is 0 Å². The molecule has 0 radical (unpaired) electrons. The van der Waals surface area contributed by atoms with Crippen molar-refractivity contribution in [3.63, 3.8) is 0 Å². The molecule has 0 aromatic heterocycles. The van der Waals surface area contributed by atoms with Gasteiger partial charge >= 0.3 is 0 Å². The number of rotatable bonds is 5. The summed E-state index contributed by atoms with van der Waals surface area (Å²) < 4.78 is 5.76. The average Bonchev–Trinajstić information content (AvgIpc) is 3.08. The Kier molecular flexibility index (Phi) is 3.58. The molecule has 5 heteroatoms. The summed E-state index contributed by atoms with van der Waals surface area (Å²) in [6.07, 6.45) is 4.81. The van der Waals surface area contributed by atoms with E-state index in [4.69, 9.17) is 4.74 Å². The van der Waals surface area contributed by atoms with E-state index in [0.29, 0.717) is 18.9 Å². The molecule has 2 aliphatic heterocycles. The zero-order chi connectivity index (χ0) is 13.4. The lowest BCUT2D eigenvalue weighted by Gasteiger charge is -2.22. The fraction of sp³-hybridized carbons (Fsp3) is 0.857. The van der Waals surface area contributed by atoms with E-state index in [0.717, 1.165) is 19.4 Å². The predicted octanol–water partition coefficient (Wildman–Crippen LogP) is 0.681. The van der Waals surface area contributed by atoms with Crippen LogP contribution in [0.4, 0.5) is 0 Å². The van der Waals surface area contributed by atoms with Gasteiger partial charge in [0, 0.05) is 19.2 Å². The van der Waals surface area contributed by atoms with Crippen LogP contribution in [-0.4, -0.2) is 48.1 Å². The average molecular weight is 266 g/mol. The van der Waals surface area contributed by atoms with E-state index in [1.165, 1.54) is 17.7 Å². The molecule has 19 heavy (non-hydrogen) atoms. The summed E-state index contributed by atoms with van der Waals surface area (Å²) >= 11 is 0. The van der Waals surface area contributed by atoms with Crippen LogP contribution in [-0.2, 0) is 14.3 Å². The first-order valence-electron chi connectivity index (χ1n) is 7.42. The molecule has 3 aliphatic rings. The monoisotopic (exact) mass is 266 g/mol. The molecular formula is C14H22N2O3. The first-order chi connectivity index (χ1) is 9.20. The second-order valence-corrected chi connectivity index (χ2v) is 5.87. The summed E-state index contributed by atoms with van der Waals surface area (Å²) in [4.78, 5) is 25.4. The van der Waals surface area contributed by atoms with Crippen molar-refractivity contribution in [3.05, 3.63) is 0 Å². The van der Waals surface area contributed by atoms with Crippen molar-refractivity contribution in [1.82, 2.24) is 10.2 Å². The van der Waals surface area contributed by atoms with E-state index >= 15 is 0 Å². The summed E-state index contributed by atoms with van der Waals surface area (Å²) in [7, 11) is 0. The Balaban J connectivity index is 1.60. The molecule has 2 amide bonds. The third kappa shape index (κ3) is 2.54. The Bertz CT molecular complexity index is 381. The topological polar surface area (TPSA) is 58.6 Å². The molecule has 1 N–H and O–H groups in total. The molecule has 3 atom stereocenters. The summed E-state index contributed by atoms with van der Waals surface area (Å²) in [5.74, 6) is 0.582. The van der Waals surface area contributed by atoms with Gasteiger partial charge in [-0.25, -0.2) is 0 Å². The highest BCUT2D eigenvalue weighted by molar-refractivity contribution is 6.05. The van der Waals surface area contributed by atoms with Gasteiger partial charge in [0.05, 0.1) is 18.6 Å². The van der Waals surface area contributed by atoms with Crippen molar-refractivity contribution < 1.29 is 14.3 Å². The maximum Gasteiger partial charge on any atom is 0.246 e. The number of ether oxygens (including phenoxy) is 1. The SMILES string of the molecule is CCCN1C(=O)CC(NC2CCOC2C2CC2)C1=O. The molecule has 3 unspecified atom stereocenters. The van der Waals surface area contributed by atoms with Crippen molar-refractivity contribution in [2.45, 2.75) is 57.2 Å².